The minimum atomic E-state index is -4.13. The molecule has 0 radical (unpaired) electrons. The molecule has 1 atom stereocenters. The van der Waals surface area contributed by atoms with E-state index < -0.39 is 27.1 Å². The van der Waals surface area contributed by atoms with Crippen LogP contribution in [0.15, 0.2) is 88.2 Å². The van der Waals surface area contributed by atoms with Crippen LogP contribution in [0.2, 0.25) is 10.0 Å². The van der Waals surface area contributed by atoms with Crippen molar-refractivity contribution in [1.29, 1.82) is 0 Å². The van der Waals surface area contributed by atoms with E-state index in [2.05, 4.69) is 9.71 Å². The average Bonchev–Trinajstić information content (AvgIpc) is 3.10. The lowest BCUT2D eigenvalue weighted by Gasteiger charge is -2.16. The molecule has 0 saturated carbocycles. The lowest BCUT2D eigenvalue weighted by molar-refractivity contribution is -0.121. The van der Waals surface area contributed by atoms with Crippen LogP contribution in [0.5, 0.6) is 0 Å². The number of benzene rings is 3. The molecule has 0 spiro atoms. The second-order valence-electron chi connectivity index (χ2n) is 7.18. The SMILES string of the molecule is O=C(CC1SC(=NS(=O)(=O)c2ccc(Cl)cc2)N(c2ccccc2)C1=O)Nc1ccc(Cl)cc1. The van der Waals surface area contributed by atoms with Crippen molar-refractivity contribution in [2.45, 2.75) is 16.6 Å². The molecule has 1 aliphatic rings. The number of rotatable bonds is 6. The third kappa shape index (κ3) is 5.61. The van der Waals surface area contributed by atoms with Crippen LogP contribution in [0.4, 0.5) is 11.4 Å². The Morgan fingerprint density at radius 1 is 0.941 bits per heavy atom. The zero-order valence-electron chi connectivity index (χ0n) is 17.4. The van der Waals surface area contributed by atoms with Gasteiger partial charge in [0.25, 0.3) is 10.0 Å². The zero-order valence-corrected chi connectivity index (χ0v) is 20.5. The van der Waals surface area contributed by atoms with Crippen molar-refractivity contribution < 1.29 is 18.0 Å². The first-order valence-corrected chi connectivity index (χ1v) is 13.0. The van der Waals surface area contributed by atoms with Gasteiger partial charge in [0.2, 0.25) is 11.8 Å². The monoisotopic (exact) mass is 533 g/mol. The van der Waals surface area contributed by atoms with Crippen LogP contribution in [0, 0.1) is 0 Å². The van der Waals surface area contributed by atoms with Crippen LogP contribution in [-0.2, 0) is 19.6 Å². The number of thioether (sulfide) groups is 1. The Kier molecular flexibility index (Phi) is 7.27. The van der Waals surface area contributed by atoms with Crippen molar-refractivity contribution in [3.05, 3.63) is 88.9 Å². The summed E-state index contributed by atoms with van der Waals surface area (Å²) in [6.07, 6.45) is -0.171. The Labute approximate surface area is 210 Å². The second kappa shape index (κ2) is 10.2. The number of sulfonamides is 1. The average molecular weight is 534 g/mol. The molecule has 0 bridgehead atoms. The molecular weight excluding hydrogens is 517 g/mol. The molecule has 0 aromatic heterocycles. The lowest BCUT2D eigenvalue weighted by Crippen LogP contribution is -2.33. The molecule has 34 heavy (non-hydrogen) atoms. The molecule has 3 aromatic rings. The Hall–Kier alpha value is -2.85. The number of para-hydroxylation sites is 1. The molecule has 1 fully saturated rings. The molecule has 1 saturated heterocycles. The Bertz CT molecular complexity index is 1350. The molecule has 1 N–H and O–H groups in total. The van der Waals surface area contributed by atoms with E-state index in [4.69, 9.17) is 23.2 Å². The predicted octanol–water partition coefficient (Wildman–Crippen LogP) is 5.22. The van der Waals surface area contributed by atoms with Crippen LogP contribution in [-0.4, -0.2) is 30.6 Å². The maximum atomic E-state index is 13.2. The third-order valence-corrected chi connectivity index (χ3v) is 7.80. The van der Waals surface area contributed by atoms with E-state index in [-0.39, 0.29) is 16.5 Å². The topological polar surface area (TPSA) is 95.9 Å². The van der Waals surface area contributed by atoms with Gasteiger partial charge >= 0.3 is 0 Å². The minimum Gasteiger partial charge on any atom is -0.326 e. The standard InChI is InChI=1S/C23H17Cl2N3O4S2/c24-15-6-10-17(11-7-15)26-21(29)14-20-22(30)28(18-4-2-1-3-5-18)23(33-20)27-34(31,32)19-12-8-16(25)9-13-19/h1-13,20H,14H2,(H,26,29). The van der Waals surface area contributed by atoms with Gasteiger partial charge in [-0.05, 0) is 60.7 Å². The second-order valence-corrected chi connectivity index (χ2v) is 10.8. The number of anilines is 2. The van der Waals surface area contributed by atoms with Gasteiger partial charge in [0.05, 0.1) is 10.6 Å². The molecule has 11 heteroatoms. The number of carbonyl (C=O) groups is 2. The third-order valence-electron chi connectivity index (χ3n) is 4.76. The van der Waals surface area contributed by atoms with E-state index in [9.17, 15) is 18.0 Å². The summed E-state index contributed by atoms with van der Waals surface area (Å²) < 4.78 is 29.8. The molecule has 0 aliphatic carbocycles. The van der Waals surface area contributed by atoms with Crippen molar-refractivity contribution in [3.63, 3.8) is 0 Å². The van der Waals surface area contributed by atoms with Crippen molar-refractivity contribution in [2.75, 3.05) is 10.2 Å². The summed E-state index contributed by atoms with van der Waals surface area (Å²) in [6.45, 7) is 0. The molecule has 1 aliphatic heterocycles. The molecule has 7 nitrogen and oxygen atoms in total. The van der Waals surface area contributed by atoms with Crippen molar-refractivity contribution in [3.8, 4) is 0 Å². The maximum absolute atomic E-state index is 13.2. The maximum Gasteiger partial charge on any atom is 0.284 e. The summed E-state index contributed by atoms with van der Waals surface area (Å²) in [5, 5.41) is 2.74. The number of hydrogen-bond acceptors (Lipinski definition) is 5. The van der Waals surface area contributed by atoms with Gasteiger partial charge in [-0.3, -0.25) is 14.5 Å². The van der Waals surface area contributed by atoms with Crippen molar-refractivity contribution >= 4 is 73.3 Å². The van der Waals surface area contributed by atoms with Gasteiger partial charge in [-0.15, -0.1) is 4.40 Å². The summed E-state index contributed by atoms with van der Waals surface area (Å²) >= 11 is 12.6. The van der Waals surface area contributed by atoms with Crippen molar-refractivity contribution in [2.24, 2.45) is 4.40 Å². The van der Waals surface area contributed by atoms with Gasteiger partial charge in [0, 0.05) is 22.2 Å². The van der Waals surface area contributed by atoms with Crippen LogP contribution in [0.25, 0.3) is 0 Å². The van der Waals surface area contributed by atoms with Crippen LogP contribution < -0.4 is 10.2 Å². The van der Waals surface area contributed by atoms with E-state index in [1.807, 2.05) is 0 Å². The van der Waals surface area contributed by atoms with Gasteiger partial charge < -0.3 is 5.32 Å². The Morgan fingerprint density at radius 2 is 1.53 bits per heavy atom. The molecule has 1 unspecified atom stereocenters. The Morgan fingerprint density at radius 3 is 2.15 bits per heavy atom. The van der Waals surface area contributed by atoms with Gasteiger partial charge in [-0.1, -0.05) is 53.2 Å². The molecule has 174 valence electrons. The highest BCUT2D eigenvalue weighted by atomic mass is 35.5. The summed E-state index contributed by atoms with van der Waals surface area (Å²) in [5.74, 6) is -0.837. The fourth-order valence-electron chi connectivity index (χ4n) is 3.15. The highest BCUT2D eigenvalue weighted by molar-refractivity contribution is 8.16. The van der Waals surface area contributed by atoms with Gasteiger partial charge in [-0.25, -0.2) is 0 Å². The van der Waals surface area contributed by atoms with Gasteiger partial charge in [-0.2, -0.15) is 8.42 Å². The molecule has 2 amide bonds. The normalized spacial score (nSPS) is 17.2. The van der Waals surface area contributed by atoms with Gasteiger partial charge in [0.15, 0.2) is 5.17 Å². The lowest BCUT2D eigenvalue weighted by atomic mass is 10.2. The van der Waals surface area contributed by atoms with Crippen LogP contribution >= 0.6 is 35.0 Å². The first-order valence-electron chi connectivity index (χ1n) is 9.94. The first-order chi connectivity index (χ1) is 16.2. The number of amides is 2. The van der Waals surface area contributed by atoms with E-state index in [0.717, 1.165) is 11.8 Å². The zero-order chi connectivity index (χ0) is 24.3. The number of halogens is 2. The summed E-state index contributed by atoms with van der Waals surface area (Å²) in [5.41, 5.74) is 0.981. The number of hydrogen-bond donors (Lipinski definition) is 1. The van der Waals surface area contributed by atoms with Gasteiger partial charge in [0.1, 0.15) is 5.25 Å². The van der Waals surface area contributed by atoms with Crippen molar-refractivity contribution in [1.82, 2.24) is 0 Å². The largest absolute Gasteiger partial charge is 0.326 e. The fourth-order valence-corrected chi connectivity index (χ4v) is 5.74. The predicted molar refractivity (Wildman–Crippen MR) is 136 cm³/mol. The fraction of sp³-hybridized carbons (Fsp3) is 0.0870. The van der Waals surface area contributed by atoms with Crippen LogP contribution in [0.1, 0.15) is 6.42 Å². The number of carbonyl (C=O) groups excluding carboxylic acids is 2. The number of amidine groups is 1. The summed E-state index contributed by atoms with van der Waals surface area (Å²) in [7, 11) is -4.13. The Balaban J connectivity index is 1.61. The molecule has 4 rings (SSSR count). The first kappa shape index (κ1) is 24.3. The molecule has 3 aromatic carbocycles. The van der Waals surface area contributed by atoms with E-state index in [0.29, 0.717) is 21.4 Å². The summed E-state index contributed by atoms with van der Waals surface area (Å²) in [4.78, 5) is 27.0. The quantitative estimate of drug-likeness (QED) is 0.468. The number of nitrogens with one attached hydrogen (secondary N) is 1. The summed E-state index contributed by atoms with van der Waals surface area (Å²) in [6, 6.07) is 20.7. The number of nitrogens with zero attached hydrogens (tertiary/aromatic N) is 2. The van der Waals surface area contributed by atoms with E-state index in [1.165, 1.54) is 29.2 Å². The smallest absolute Gasteiger partial charge is 0.284 e. The van der Waals surface area contributed by atoms with E-state index >= 15 is 0 Å². The minimum absolute atomic E-state index is 0.0320. The van der Waals surface area contributed by atoms with E-state index in [1.54, 1.807) is 54.6 Å². The van der Waals surface area contributed by atoms with Crippen LogP contribution in [0.3, 0.4) is 0 Å². The highest BCUT2D eigenvalue weighted by Gasteiger charge is 2.41. The molecule has 1 heterocycles. The highest BCUT2D eigenvalue weighted by Crippen LogP contribution is 2.35. The molecular formula is C23H17Cl2N3O4S2.